The van der Waals surface area contributed by atoms with Crippen LogP contribution in [0.2, 0.25) is 0 Å². The maximum atomic E-state index is 13.5. The molecular weight excluding hydrogens is 937 g/mol. The van der Waals surface area contributed by atoms with E-state index in [0.29, 0.717) is 44.5 Å². The lowest BCUT2D eigenvalue weighted by atomic mass is 10.0. The Bertz CT molecular complexity index is 3450. The van der Waals surface area contributed by atoms with Gasteiger partial charge in [0.1, 0.15) is 22.3 Å². The molecule has 0 saturated heterocycles. The first-order chi connectivity index (χ1) is 33.2. The molecule has 350 valence electrons. The van der Waals surface area contributed by atoms with E-state index in [-0.39, 0.29) is 22.7 Å². The van der Waals surface area contributed by atoms with E-state index in [1.807, 2.05) is 18.2 Å². The fourth-order valence-electron chi connectivity index (χ4n) is 8.88. The summed E-state index contributed by atoms with van der Waals surface area (Å²) in [5.74, 6) is 0. The summed E-state index contributed by atoms with van der Waals surface area (Å²) in [6.45, 7) is 0. The molecule has 16 heteroatoms. The Hall–Kier alpha value is -8.14. The highest BCUT2D eigenvalue weighted by Crippen LogP contribution is 2.45. The third-order valence-electron chi connectivity index (χ3n) is 12.3. The summed E-state index contributed by atoms with van der Waals surface area (Å²) in [7, 11) is 0. The second kappa shape index (κ2) is 15.7. The molecule has 0 aliphatic rings. The lowest BCUT2D eigenvalue weighted by Crippen LogP contribution is -2.12. The number of furan rings is 2. The Labute approximate surface area is 386 Å². The number of anilines is 6. The van der Waals surface area contributed by atoms with Gasteiger partial charge >= 0.3 is 24.7 Å². The van der Waals surface area contributed by atoms with Gasteiger partial charge < -0.3 is 18.6 Å². The van der Waals surface area contributed by atoms with Crippen molar-refractivity contribution in [2.24, 2.45) is 0 Å². The second-order valence-electron chi connectivity index (χ2n) is 16.7. The Morgan fingerprint density at radius 2 is 0.500 bits per heavy atom. The van der Waals surface area contributed by atoms with Crippen LogP contribution in [0.5, 0.6) is 0 Å². The summed E-state index contributed by atoms with van der Waals surface area (Å²) in [6.07, 6.45) is -18.4. The number of halogens is 12. The van der Waals surface area contributed by atoms with Crippen LogP contribution in [-0.2, 0) is 24.7 Å². The Kier molecular flexibility index (Phi) is 9.95. The van der Waals surface area contributed by atoms with Gasteiger partial charge in [0.15, 0.2) is 0 Å². The van der Waals surface area contributed by atoms with Crippen molar-refractivity contribution in [2.75, 3.05) is 9.80 Å². The van der Waals surface area contributed by atoms with Crippen molar-refractivity contribution < 1.29 is 61.5 Å². The monoisotopic (exact) mass is 964 g/mol. The standard InChI is InChI=1S/C54H28F12N2O2/c55-51(56,57)33-3-13-37(14-4-33)67(38-15-5-34(6-16-38)52(58,59)60)41-11-1-29-23-43-45-27-46-44-24-30-2-12-42(22-32(30)26-48(44)70-50(46)28-49(45)69-47(43)25-31(29)21-41)68(39-17-7-35(8-18-39)53(61,62)63)40-19-9-36(10-20-40)54(64,65)66/h1-28H. The van der Waals surface area contributed by atoms with Gasteiger partial charge in [0.05, 0.1) is 22.3 Å². The zero-order valence-corrected chi connectivity index (χ0v) is 35.4. The molecule has 0 aliphatic carbocycles. The highest BCUT2D eigenvalue weighted by molar-refractivity contribution is 6.18. The van der Waals surface area contributed by atoms with E-state index in [2.05, 4.69) is 0 Å². The molecule has 0 bridgehead atoms. The molecule has 0 N–H and O–H groups in total. The fourth-order valence-corrected chi connectivity index (χ4v) is 8.88. The van der Waals surface area contributed by atoms with Gasteiger partial charge in [-0.05, 0) is 173 Å². The maximum absolute atomic E-state index is 13.5. The molecule has 11 aromatic rings. The molecule has 2 aromatic heterocycles. The lowest BCUT2D eigenvalue weighted by Gasteiger charge is -2.26. The van der Waals surface area contributed by atoms with Gasteiger partial charge in [-0.3, -0.25) is 0 Å². The van der Waals surface area contributed by atoms with Gasteiger partial charge in [0, 0.05) is 61.7 Å². The van der Waals surface area contributed by atoms with Gasteiger partial charge in [-0.2, -0.15) is 52.7 Å². The highest BCUT2D eigenvalue weighted by atomic mass is 19.4. The van der Waals surface area contributed by atoms with E-state index in [4.69, 9.17) is 8.83 Å². The first-order valence-corrected chi connectivity index (χ1v) is 21.2. The largest absolute Gasteiger partial charge is 0.456 e. The van der Waals surface area contributed by atoms with E-state index < -0.39 is 47.0 Å². The van der Waals surface area contributed by atoms with Crippen LogP contribution >= 0.6 is 0 Å². The van der Waals surface area contributed by atoms with Crippen LogP contribution in [0.25, 0.3) is 65.4 Å². The van der Waals surface area contributed by atoms with Crippen molar-refractivity contribution in [3.63, 3.8) is 0 Å². The van der Waals surface area contributed by atoms with E-state index >= 15 is 0 Å². The average molecular weight is 965 g/mol. The Morgan fingerprint density at radius 1 is 0.243 bits per heavy atom. The molecule has 0 atom stereocenters. The van der Waals surface area contributed by atoms with Crippen LogP contribution in [0.15, 0.2) is 179 Å². The van der Waals surface area contributed by atoms with Crippen LogP contribution in [-0.4, -0.2) is 0 Å². The van der Waals surface area contributed by atoms with Crippen molar-refractivity contribution in [2.45, 2.75) is 24.7 Å². The first-order valence-electron chi connectivity index (χ1n) is 21.2. The molecule has 0 unspecified atom stereocenters. The number of hydrogen-bond acceptors (Lipinski definition) is 4. The number of fused-ring (bicyclic) bond motifs is 8. The van der Waals surface area contributed by atoms with Crippen molar-refractivity contribution >= 4 is 99.5 Å². The Morgan fingerprint density at radius 3 is 0.786 bits per heavy atom. The predicted molar refractivity (Wildman–Crippen MR) is 245 cm³/mol. The van der Waals surface area contributed by atoms with Crippen molar-refractivity contribution in [3.05, 3.63) is 192 Å². The van der Waals surface area contributed by atoms with E-state index in [1.165, 1.54) is 48.5 Å². The minimum Gasteiger partial charge on any atom is -0.456 e. The number of benzene rings is 9. The molecule has 0 amide bonds. The lowest BCUT2D eigenvalue weighted by molar-refractivity contribution is -0.138. The van der Waals surface area contributed by atoms with Crippen molar-refractivity contribution in [1.82, 2.24) is 0 Å². The third kappa shape index (κ3) is 7.92. The summed E-state index contributed by atoms with van der Waals surface area (Å²) in [4.78, 5) is 3.11. The summed E-state index contributed by atoms with van der Waals surface area (Å²) in [6, 6.07) is 38.9. The van der Waals surface area contributed by atoms with Crippen molar-refractivity contribution in [1.29, 1.82) is 0 Å². The minimum absolute atomic E-state index is 0.276. The van der Waals surface area contributed by atoms with Crippen LogP contribution < -0.4 is 9.80 Å². The maximum Gasteiger partial charge on any atom is 0.416 e. The molecule has 9 aromatic carbocycles. The van der Waals surface area contributed by atoms with Crippen LogP contribution in [0.4, 0.5) is 86.8 Å². The van der Waals surface area contributed by atoms with Gasteiger partial charge in [0.2, 0.25) is 0 Å². The molecule has 0 saturated carbocycles. The zero-order valence-electron chi connectivity index (χ0n) is 35.4. The average Bonchev–Trinajstić information content (AvgIpc) is 3.84. The molecule has 0 fully saturated rings. The normalized spacial score (nSPS) is 12.9. The fraction of sp³-hybridized carbons (Fsp3) is 0.0741. The summed E-state index contributed by atoms with van der Waals surface area (Å²) < 4.78 is 175. The molecule has 70 heavy (non-hydrogen) atoms. The minimum atomic E-state index is -4.60. The van der Waals surface area contributed by atoms with E-state index in [1.54, 1.807) is 64.4 Å². The van der Waals surface area contributed by atoms with Crippen LogP contribution in [0.1, 0.15) is 22.3 Å². The number of rotatable bonds is 6. The van der Waals surface area contributed by atoms with Crippen LogP contribution in [0.3, 0.4) is 0 Å². The summed E-state index contributed by atoms with van der Waals surface area (Å²) in [5, 5.41) is 5.89. The van der Waals surface area contributed by atoms with Gasteiger partial charge in [-0.1, -0.05) is 12.1 Å². The SMILES string of the molecule is FC(F)(F)c1ccc(N(c2ccc(C(F)(F)F)cc2)c2ccc3cc4c(cc3c2)oc2cc3oc5cc6cc(N(c7ccc(C(F)(F)F)cc7)c7ccc(C(F)(F)F)cc7)ccc6cc5c3cc24)cc1. The quantitative estimate of drug-likeness (QED) is 0.156. The summed E-state index contributed by atoms with van der Waals surface area (Å²) in [5.41, 5.74) is 0.442. The molecule has 11 rings (SSSR count). The van der Waals surface area contributed by atoms with Gasteiger partial charge in [-0.15, -0.1) is 0 Å². The number of nitrogens with zero attached hydrogens (tertiary/aromatic N) is 2. The van der Waals surface area contributed by atoms with Gasteiger partial charge in [0.25, 0.3) is 0 Å². The molecule has 2 heterocycles. The third-order valence-corrected chi connectivity index (χ3v) is 12.3. The van der Waals surface area contributed by atoms with Gasteiger partial charge in [-0.25, -0.2) is 0 Å². The predicted octanol–water partition coefficient (Wildman–Crippen LogP) is 18.8. The highest BCUT2D eigenvalue weighted by Gasteiger charge is 2.34. The van der Waals surface area contributed by atoms with Crippen molar-refractivity contribution in [3.8, 4) is 0 Å². The Balaban J connectivity index is 0.972. The molecular formula is C54H28F12N2O2. The molecule has 0 radical (unpaired) electrons. The summed E-state index contributed by atoms with van der Waals surface area (Å²) >= 11 is 0. The van der Waals surface area contributed by atoms with E-state index in [0.717, 1.165) is 80.8 Å². The first kappa shape index (κ1) is 44.4. The molecule has 4 nitrogen and oxygen atoms in total. The molecule has 0 spiro atoms. The number of hydrogen-bond donors (Lipinski definition) is 0. The zero-order chi connectivity index (χ0) is 49.1. The van der Waals surface area contributed by atoms with Crippen LogP contribution in [0, 0.1) is 0 Å². The smallest absolute Gasteiger partial charge is 0.416 e. The number of alkyl halides is 12. The topological polar surface area (TPSA) is 32.8 Å². The molecule has 0 aliphatic heterocycles. The van der Waals surface area contributed by atoms with E-state index in [9.17, 15) is 52.7 Å². The second-order valence-corrected chi connectivity index (χ2v) is 16.7.